The van der Waals surface area contributed by atoms with Gasteiger partial charge in [-0.1, -0.05) is 41.9 Å². The molecular weight excluding hydrogens is 196 g/mol. The van der Waals surface area contributed by atoms with E-state index in [-0.39, 0.29) is 0 Å². The van der Waals surface area contributed by atoms with Crippen LogP contribution in [0.3, 0.4) is 0 Å². The van der Waals surface area contributed by atoms with Gasteiger partial charge < -0.3 is 0 Å². The van der Waals surface area contributed by atoms with E-state index in [1.807, 2.05) is 30.3 Å². The van der Waals surface area contributed by atoms with E-state index >= 15 is 0 Å². The average Bonchev–Trinajstić information content (AvgIpc) is 2.19. The van der Waals surface area contributed by atoms with Crippen LogP contribution in [0.5, 0.6) is 0 Å². The Labute approximate surface area is 87.6 Å². The van der Waals surface area contributed by atoms with Crippen molar-refractivity contribution < 1.29 is 0 Å². The van der Waals surface area contributed by atoms with E-state index < -0.39 is 0 Å². The average molecular weight is 205 g/mol. The van der Waals surface area contributed by atoms with E-state index in [1.54, 1.807) is 12.3 Å². The molecule has 2 nitrogen and oxygen atoms in total. The van der Waals surface area contributed by atoms with E-state index in [1.165, 1.54) is 5.56 Å². The molecule has 0 spiro atoms. The Morgan fingerprint density at radius 3 is 2.57 bits per heavy atom. The van der Waals surface area contributed by atoms with Crippen LogP contribution in [0, 0.1) is 0 Å². The van der Waals surface area contributed by atoms with Crippen molar-refractivity contribution in [3.05, 3.63) is 59.1 Å². The van der Waals surface area contributed by atoms with Crippen LogP contribution >= 0.6 is 11.6 Å². The first-order valence-corrected chi connectivity index (χ1v) is 4.74. The normalized spacial score (nSPS) is 10.1. The van der Waals surface area contributed by atoms with Gasteiger partial charge in [-0.05, 0) is 11.6 Å². The van der Waals surface area contributed by atoms with Crippen LogP contribution in [-0.2, 0) is 6.42 Å². The first-order valence-electron chi connectivity index (χ1n) is 4.36. The Balaban J connectivity index is 2.19. The summed E-state index contributed by atoms with van der Waals surface area (Å²) in [6, 6.07) is 11.8. The van der Waals surface area contributed by atoms with Crippen molar-refractivity contribution in [2.75, 3.05) is 0 Å². The quantitative estimate of drug-likeness (QED) is 0.703. The number of rotatable bonds is 2. The first-order chi connectivity index (χ1) is 6.84. The zero-order chi connectivity index (χ0) is 9.80. The van der Waals surface area contributed by atoms with Crippen LogP contribution in [0.4, 0.5) is 0 Å². The Kier molecular flexibility index (Phi) is 2.75. The molecule has 0 bridgehead atoms. The molecule has 0 saturated heterocycles. The van der Waals surface area contributed by atoms with Crippen molar-refractivity contribution in [3.63, 3.8) is 0 Å². The second kappa shape index (κ2) is 4.20. The van der Waals surface area contributed by atoms with Gasteiger partial charge in [0.1, 0.15) is 11.0 Å². The summed E-state index contributed by atoms with van der Waals surface area (Å²) in [7, 11) is 0. The standard InChI is InChI=1S/C11H9ClN2/c12-10-6-7-13-11(14-10)8-9-4-2-1-3-5-9/h1-7H,8H2. The van der Waals surface area contributed by atoms with E-state index in [2.05, 4.69) is 9.97 Å². The highest BCUT2D eigenvalue weighted by Crippen LogP contribution is 2.07. The van der Waals surface area contributed by atoms with Crippen LogP contribution in [0.2, 0.25) is 5.15 Å². The molecule has 1 aromatic carbocycles. The number of halogens is 1. The van der Waals surface area contributed by atoms with Gasteiger partial charge in [-0.3, -0.25) is 0 Å². The Morgan fingerprint density at radius 1 is 1.07 bits per heavy atom. The summed E-state index contributed by atoms with van der Waals surface area (Å²) in [5.74, 6) is 0.753. The lowest BCUT2D eigenvalue weighted by Gasteiger charge is -1.99. The lowest BCUT2D eigenvalue weighted by atomic mass is 10.1. The minimum absolute atomic E-state index is 0.492. The molecule has 0 aliphatic rings. The lowest BCUT2D eigenvalue weighted by Crippen LogP contribution is -1.95. The molecule has 1 heterocycles. The molecular formula is C11H9ClN2. The van der Waals surface area contributed by atoms with E-state index in [0.717, 1.165) is 12.2 Å². The molecule has 0 aliphatic heterocycles. The molecule has 0 unspecified atom stereocenters. The van der Waals surface area contributed by atoms with E-state index in [9.17, 15) is 0 Å². The van der Waals surface area contributed by atoms with Gasteiger partial charge in [-0.2, -0.15) is 0 Å². The van der Waals surface area contributed by atoms with Crippen molar-refractivity contribution >= 4 is 11.6 Å². The summed E-state index contributed by atoms with van der Waals surface area (Å²) in [6.07, 6.45) is 2.40. The van der Waals surface area contributed by atoms with Crippen molar-refractivity contribution in [1.29, 1.82) is 0 Å². The second-order valence-electron chi connectivity index (χ2n) is 2.96. The predicted molar refractivity (Wildman–Crippen MR) is 56.3 cm³/mol. The van der Waals surface area contributed by atoms with Crippen molar-refractivity contribution in [2.45, 2.75) is 6.42 Å². The third-order valence-electron chi connectivity index (χ3n) is 1.88. The molecule has 0 N–H and O–H groups in total. The monoisotopic (exact) mass is 204 g/mol. The number of hydrogen-bond donors (Lipinski definition) is 0. The molecule has 0 radical (unpaired) electrons. The second-order valence-corrected chi connectivity index (χ2v) is 3.35. The number of aromatic nitrogens is 2. The zero-order valence-corrected chi connectivity index (χ0v) is 8.28. The van der Waals surface area contributed by atoms with Crippen LogP contribution in [0.15, 0.2) is 42.6 Å². The van der Waals surface area contributed by atoms with Gasteiger partial charge in [-0.25, -0.2) is 9.97 Å². The first kappa shape index (κ1) is 9.16. The summed E-state index contributed by atoms with van der Waals surface area (Å²) in [5, 5.41) is 0.492. The Hall–Kier alpha value is -1.41. The smallest absolute Gasteiger partial charge is 0.134 e. The van der Waals surface area contributed by atoms with E-state index in [0.29, 0.717) is 5.15 Å². The third kappa shape index (κ3) is 2.30. The molecule has 1 aromatic heterocycles. The van der Waals surface area contributed by atoms with Crippen LogP contribution in [0.1, 0.15) is 11.4 Å². The maximum absolute atomic E-state index is 5.76. The fourth-order valence-electron chi connectivity index (χ4n) is 1.24. The number of nitrogens with zero attached hydrogens (tertiary/aromatic N) is 2. The largest absolute Gasteiger partial charge is 0.241 e. The molecule has 0 fully saturated rings. The van der Waals surface area contributed by atoms with Gasteiger partial charge in [0.2, 0.25) is 0 Å². The van der Waals surface area contributed by atoms with Crippen LogP contribution in [0.25, 0.3) is 0 Å². The summed E-state index contributed by atoms with van der Waals surface area (Å²) in [4.78, 5) is 8.26. The summed E-state index contributed by atoms with van der Waals surface area (Å²) >= 11 is 5.76. The van der Waals surface area contributed by atoms with Gasteiger partial charge in [0.25, 0.3) is 0 Å². The number of hydrogen-bond acceptors (Lipinski definition) is 2. The van der Waals surface area contributed by atoms with Crippen LogP contribution in [-0.4, -0.2) is 9.97 Å². The fourth-order valence-corrected chi connectivity index (χ4v) is 1.39. The van der Waals surface area contributed by atoms with Gasteiger partial charge >= 0.3 is 0 Å². The Morgan fingerprint density at radius 2 is 1.86 bits per heavy atom. The fraction of sp³-hybridized carbons (Fsp3) is 0.0909. The molecule has 14 heavy (non-hydrogen) atoms. The highest BCUT2D eigenvalue weighted by atomic mass is 35.5. The molecule has 2 aromatic rings. The summed E-state index contributed by atoms with van der Waals surface area (Å²) in [6.45, 7) is 0. The maximum atomic E-state index is 5.76. The van der Waals surface area contributed by atoms with Crippen molar-refractivity contribution in [1.82, 2.24) is 9.97 Å². The molecule has 0 saturated carbocycles. The summed E-state index contributed by atoms with van der Waals surface area (Å²) in [5.41, 5.74) is 1.19. The molecule has 3 heteroatoms. The molecule has 70 valence electrons. The predicted octanol–water partition coefficient (Wildman–Crippen LogP) is 2.72. The molecule has 0 aliphatic carbocycles. The lowest BCUT2D eigenvalue weighted by molar-refractivity contribution is 0.968. The zero-order valence-electron chi connectivity index (χ0n) is 7.52. The van der Waals surface area contributed by atoms with Crippen molar-refractivity contribution in [2.24, 2.45) is 0 Å². The van der Waals surface area contributed by atoms with Gasteiger partial charge in [0.15, 0.2) is 0 Å². The van der Waals surface area contributed by atoms with E-state index in [4.69, 9.17) is 11.6 Å². The van der Waals surface area contributed by atoms with Gasteiger partial charge in [-0.15, -0.1) is 0 Å². The highest BCUT2D eigenvalue weighted by Gasteiger charge is 1.98. The molecule has 2 rings (SSSR count). The van der Waals surface area contributed by atoms with Gasteiger partial charge in [0.05, 0.1) is 0 Å². The molecule has 0 amide bonds. The minimum atomic E-state index is 0.492. The van der Waals surface area contributed by atoms with Crippen LogP contribution < -0.4 is 0 Å². The minimum Gasteiger partial charge on any atom is -0.241 e. The van der Waals surface area contributed by atoms with Crippen molar-refractivity contribution in [3.8, 4) is 0 Å². The number of benzene rings is 1. The summed E-state index contributed by atoms with van der Waals surface area (Å²) < 4.78 is 0. The maximum Gasteiger partial charge on any atom is 0.134 e. The van der Waals surface area contributed by atoms with Gasteiger partial charge in [0, 0.05) is 12.6 Å². The third-order valence-corrected chi connectivity index (χ3v) is 2.09. The topological polar surface area (TPSA) is 25.8 Å². The SMILES string of the molecule is Clc1ccnc(Cc2ccccc2)n1. The highest BCUT2D eigenvalue weighted by molar-refractivity contribution is 6.29. The Bertz CT molecular complexity index is 415. The molecule has 0 atom stereocenters.